The number of rotatable bonds is 17. The van der Waals surface area contributed by atoms with E-state index in [1.54, 1.807) is 0 Å². The third kappa shape index (κ3) is 37.0. The summed E-state index contributed by atoms with van der Waals surface area (Å²) >= 11 is 0. The maximum atomic E-state index is 12.4. The fourth-order valence-corrected chi connectivity index (χ4v) is 3.30. The second kappa shape index (κ2) is 19.0. The molecule has 0 amide bonds. The Hall–Kier alpha value is -0.350. The normalized spacial score (nSPS) is 12.7. The predicted molar refractivity (Wildman–Crippen MR) is 113 cm³/mol. The summed E-state index contributed by atoms with van der Waals surface area (Å²) in [5.74, 6) is -1.34. The molecule has 0 heterocycles. The highest BCUT2D eigenvalue weighted by Crippen LogP contribution is 2.35. The van der Waals surface area contributed by atoms with E-state index >= 15 is 0 Å². The molecule has 0 spiro atoms. The fraction of sp³-hybridized carbons (Fsp3) is 1.00. The van der Waals surface area contributed by atoms with Crippen molar-refractivity contribution >= 4 is 7.82 Å². The van der Waals surface area contributed by atoms with E-state index in [0.29, 0.717) is 12.8 Å². The quantitative estimate of drug-likeness (QED) is 0.0988. The molecule has 0 aromatic rings. The molecular formula is C20H40F6NO4P. The Labute approximate surface area is 187 Å². The number of halogens is 6. The summed E-state index contributed by atoms with van der Waals surface area (Å²) in [6, 6.07) is 0. The summed E-state index contributed by atoms with van der Waals surface area (Å²) in [6.07, 6.45) is -0.180. The van der Waals surface area contributed by atoms with Crippen LogP contribution in [0.15, 0.2) is 0 Å². The van der Waals surface area contributed by atoms with Gasteiger partial charge in [0.15, 0.2) is 0 Å². The van der Waals surface area contributed by atoms with Gasteiger partial charge in [0.25, 0.3) is 0 Å². The zero-order valence-electron chi connectivity index (χ0n) is 18.9. The first-order valence-corrected chi connectivity index (χ1v) is 12.8. The molecule has 0 atom stereocenters. The minimum absolute atomic E-state index is 0.00466. The zero-order valence-corrected chi connectivity index (χ0v) is 19.8. The van der Waals surface area contributed by atoms with Gasteiger partial charge in [0.2, 0.25) is 0 Å². The van der Waals surface area contributed by atoms with E-state index in [1.165, 1.54) is 38.5 Å². The van der Waals surface area contributed by atoms with Crippen LogP contribution in [-0.2, 0) is 4.57 Å². The molecule has 0 fully saturated rings. The molecule has 0 unspecified atom stereocenters. The van der Waals surface area contributed by atoms with Crippen LogP contribution in [0.4, 0.5) is 26.3 Å². The van der Waals surface area contributed by atoms with E-state index in [-0.39, 0.29) is 6.42 Å². The fourth-order valence-electron chi connectivity index (χ4n) is 3.30. The highest BCUT2D eigenvalue weighted by Gasteiger charge is 2.38. The molecule has 0 saturated carbocycles. The molecule has 196 valence electrons. The molecular weight excluding hydrogens is 463 g/mol. The molecule has 4 N–H and O–H groups in total. The molecule has 5 nitrogen and oxygen atoms in total. The van der Waals surface area contributed by atoms with Crippen LogP contribution in [0, 0.1) is 5.92 Å². The van der Waals surface area contributed by atoms with E-state index in [2.05, 4.69) is 12.2 Å². The van der Waals surface area contributed by atoms with Gasteiger partial charge in [-0.05, 0) is 38.3 Å². The molecule has 12 heteroatoms. The van der Waals surface area contributed by atoms with Gasteiger partial charge in [0.1, 0.15) is 0 Å². The lowest BCUT2D eigenvalue weighted by Crippen LogP contribution is -2.21. The Kier molecular flexibility index (Phi) is 20.1. The summed E-state index contributed by atoms with van der Waals surface area (Å²) in [6.45, 7) is 4.15. The molecule has 0 bridgehead atoms. The second-order valence-electron chi connectivity index (χ2n) is 8.09. The number of nitrogens with one attached hydrogen (secondary N) is 1. The third-order valence-electron chi connectivity index (χ3n) is 4.71. The van der Waals surface area contributed by atoms with E-state index in [4.69, 9.17) is 19.2 Å². The maximum Gasteiger partial charge on any atom is 0.466 e. The van der Waals surface area contributed by atoms with E-state index < -0.39 is 38.9 Å². The lowest BCUT2D eigenvalue weighted by molar-refractivity contribution is -0.173. The molecule has 0 aliphatic heterocycles. The molecule has 0 aliphatic carbocycles. The Morgan fingerprint density at radius 1 is 0.688 bits per heavy atom. The number of alkyl halides is 6. The number of unbranched alkanes of at least 4 members (excludes halogenated alkanes) is 9. The van der Waals surface area contributed by atoms with Crippen molar-refractivity contribution in [2.24, 2.45) is 5.92 Å². The average Bonchev–Trinajstić information content (AvgIpc) is 2.57. The first-order valence-electron chi connectivity index (χ1n) is 11.3. The van der Waals surface area contributed by atoms with Crippen LogP contribution in [0.2, 0.25) is 0 Å². The van der Waals surface area contributed by atoms with Gasteiger partial charge in [0.05, 0.1) is 0 Å². The van der Waals surface area contributed by atoms with Gasteiger partial charge >= 0.3 is 20.2 Å². The van der Waals surface area contributed by atoms with Gasteiger partial charge in [-0.15, -0.1) is 0 Å². The van der Waals surface area contributed by atoms with Gasteiger partial charge in [-0.1, -0.05) is 64.7 Å². The van der Waals surface area contributed by atoms with E-state index in [0.717, 1.165) is 32.4 Å². The Morgan fingerprint density at radius 3 is 1.41 bits per heavy atom. The highest BCUT2D eigenvalue weighted by molar-refractivity contribution is 7.45. The molecule has 0 aromatic heterocycles. The Bertz CT molecular complexity index is 448. The summed E-state index contributed by atoms with van der Waals surface area (Å²) in [5, 5.41) is 3.39. The lowest BCUT2D eigenvalue weighted by atomic mass is 9.93. The highest BCUT2D eigenvalue weighted by atomic mass is 31.2. The molecule has 32 heavy (non-hydrogen) atoms. The summed E-state index contributed by atoms with van der Waals surface area (Å²) < 4.78 is 83.2. The van der Waals surface area contributed by atoms with Crippen LogP contribution in [-0.4, -0.2) is 40.1 Å². The van der Waals surface area contributed by atoms with Crippen LogP contribution in [0.3, 0.4) is 0 Å². The molecule has 0 saturated heterocycles. The second-order valence-corrected chi connectivity index (χ2v) is 9.12. The lowest BCUT2D eigenvalue weighted by Gasteiger charge is -2.20. The summed E-state index contributed by atoms with van der Waals surface area (Å²) in [5.41, 5.74) is 0. The smallest absolute Gasteiger partial charge is 0.317 e. The van der Waals surface area contributed by atoms with Crippen molar-refractivity contribution in [3.8, 4) is 0 Å². The zero-order chi connectivity index (χ0) is 25.1. The first kappa shape index (κ1) is 33.8. The summed E-state index contributed by atoms with van der Waals surface area (Å²) in [4.78, 5) is 21.6. The van der Waals surface area contributed by atoms with Crippen LogP contribution in [0.25, 0.3) is 0 Å². The van der Waals surface area contributed by atoms with Gasteiger partial charge < -0.3 is 20.0 Å². The van der Waals surface area contributed by atoms with Gasteiger partial charge in [-0.2, -0.15) is 26.3 Å². The number of phosphoric acid groups is 1. The van der Waals surface area contributed by atoms with Crippen molar-refractivity contribution in [2.45, 2.75) is 109 Å². The van der Waals surface area contributed by atoms with Crippen molar-refractivity contribution in [1.82, 2.24) is 5.32 Å². The average molecular weight is 504 g/mol. The van der Waals surface area contributed by atoms with Crippen molar-refractivity contribution < 1.29 is 45.6 Å². The Balaban J connectivity index is 0. The van der Waals surface area contributed by atoms with Gasteiger partial charge in [0, 0.05) is 12.8 Å². The van der Waals surface area contributed by atoms with Crippen molar-refractivity contribution in [1.29, 1.82) is 0 Å². The standard InChI is InChI=1S/C20H37F6N.H3O4P/c1-2-3-4-5-8-11-14-27-15-12-9-6-7-10-13-18(16-19(21,22)23)17-20(24,25)26;1-5(2,3)4/h18,27H,2-17H2,1H3;(H3,1,2,3,4). The molecule has 0 aliphatic rings. The van der Waals surface area contributed by atoms with Gasteiger partial charge in [-0.3, -0.25) is 0 Å². The predicted octanol–water partition coefficient (Wildman–Crippen LogP) is 6.87. The van der Waals surface area contributed by atoms with E-state index in [9.17, 15) is 26.3 Å². The number of hydrogen-bond acceptors (Lipinski definition) is 2. The first-order chi connectivity index (χ1) is 14.6. The summed E-state index contributed by atoms with van der Waals surface area (Å²) in [7, 11) is -4.64. The topological polar surface area (TPSA) is 89.8 Å². The van der Waals surface area contributed by atoms with Crippen molar-refractivity contribution in [3.63, 3.8) is 0 Å². The van der Waals surface area contributed by atoms with Crippen LogP contribution in [0.1, 0.15) is 96.8 Å². The number of hydrogen-bond donors (Lipinski definition) is 4. The third-order valence-corrected chi connectivity index (χ3v) is 4.71. The van der Waals surface area contributed by atoms with Crippen molar-refractivity contribution in [3.05, 3.63) is 0 Å². The monoisotopic (exact) mass is 503 g/mol. The molecule has 0 aromatic carbocycles. The minimum atomic E-state index is -4.64. The minimum Gasteiger partial charge on any atom is -0.317 e. The SMILES string of the molecule is CCCCCCCCNCCCCCCCC(CC(F)(F)F)CC(F)(F)F.O=P(O)(O)O. The molecule has 0 rings (SSSR count). The van der Waals surface area contributed by atoms with Crippen LogP contribution >= 0.6 is 7.82 Å². The molecule has 0 radical (unpaired) electrons. The van der Waals surface area contributed by atoms with Crippen LogP contribution in [0.5, 0.6) is 0 Å². The van der Waals surface area contributed by atoms with Crippen molar-refractivity contribution in [2.75, 3.05) is 13.1 Å². The Morgan fingerprint density at radius 2 is 1.03 bits per heavy atom. The van der Waals surface area contributed by atoms with Crippen LogP contribution < -0.4 is 5.32 Å². The van der Waals surface area contributed by atoms with E-state index in [1.807, 2.05) is 0 Å². The maximum absolute atomic E-state index is 12.4. The van der Waals surface area contributed by atoms with Gasteiger partial charge in [-0.25, -0.2) is 4.57 Å². The largest absolute Gasteiger partial charge is 0.466 e.